The third-order valence-corrected chi connectivity index (χ3v) is 3.96. The number of nitrogens with zero attached hydrogens (tertiary/aromatic N) is 1. The molecule has 1 heterocycles. The number of nitrogens with two attached hydrogens (primary N) is 1. The van der Waals surface area contributed by atoms with Gasteiger partial charge in [-0.15, -0.1) is 11.3 Å². The summed E-state index contributed by atoms with van der Waals surface area (Å²) in [5.74, 6) is 0.0955. The van der Waals surface area contributed by atoms with Crippen molar-refractivity contribution < 1.29 is 4.79 Å². The smallest absolute Gasteiger partial charge is 0.277 e. The van der Waals surface area contributed by atoms with E-state index in [4.69, 9.17) is 5.73 Å². The summed E-state index contributed by atoms with van der Waals surface area (Å²) >= 11 is 1.28. The van der Waals surface area contributed by atoms with Crippen molar-refractivity contribution in [2.75, 3.05) is 0 Å². The molecule has 1 unspecified atom stereocenters. The van der Waals surface area contributed by atoms with E-state index in [1.165, 1.54) is 16.9 Å². The second kappa shape index (κ2) is 5.31. The fourth-order valence-corrected chi connectivity index (χ4v) is 2.42. The molecule has 0 bridgehead atoms. The zero-order valence-corrected chi connectivity index (χ0v) is 11.3. The van der Waals surface area contributed by atoms with Gasteiger partial charge in [0.2, 0.25) is 0 Å². The SMILES string of the molecule is CCC(C)c1ccc(-c2csc(C(N)=O)n2)cc1. The molecular formula is C14H16N2OS. The van der Waals surface area contributed by atoms with Crippen LogP contribution in [0.4, 0.5) is 0 Å². The van der Waals surface area contributed by atoms with Gasteiger partial charge in [0.1, 0.15) is 0 Å². The summed E-state index contributed by atoms with van der Waals surface area (Å²) in [4.78, 5) is 15.2. The van der Waals surface area contributed by atoms with Crippen molar-refractivity contribution in [1.82, 2.24) is 4.98 Å². The van der Waals surface area contributed by atoms with Crippen LogP contribution in [0.5, 0.6) is 0 Å². The molecule has 1 aromatic heterocycles. The molecule has 94 valence electrons. The van der Waals surface area contributed by atoms with Crippen LogP contribution in [0.1, 0.15) is 41.6 Å². The number of carbonyl (C=O) groups excluding carboxylic acids is 1. The molecule has 4 heteroatoms. The second-order valence-corrected chi connectivity index (χ2v) is 5.19. The monoisotopic (exact) mass is 260 g/mol. The minimum atomic E-state index is -0.470. The van der Waals surface area contributed by atoms with Gasteiger partial charge in [0, 0.05) is 10.9 Å². The van der Waals surface area contributed by atoms with E-state index in [0.29, 0.717) is 10.9 Å². The van der Waals surface area contributed by atoms with Crippen molar-refractivity contribution in [3.05, 3.63) is 40.2 Å². The van der Waals surface area contributed by atoms with Crippen molar-refractivity contribution in [2.45, 2.75) is 26.2 Å². The Morgan fingerprint density at radius 2 is 2.06 bits per heavy atom. The fourth-order valence-electron chi connectivity index (χ4n) is 1.74. The van der Waals surface area contributed by atoms with Crippen LogP contribution < -0.4 is 5.73 Å². The molecule has 2 rings (SSSR count). The number of thiazole rings is 1. The normalized spacial score (nSPS) is 12.3. The molecule has 0 saturated heterocycles. The average molecular weight is 260 g/mol. The van der Waals surface area contributed by atoms with Gasteiger partial charge in [-0.05, 0) is 17.9 Å². The largest absolute Gasteiger partial charge is 0.364 e. The Kier molecular flexibility index (Phi) is 3.77. The van der Waals surface area contributed by atoms with Crippen LogP contribution in [0.15, 0.2) is 29.6 Å². The first-order valence-corrected chi connectivity index (χ1v) is 6.85. The van der Waals surface area contributed by atoms with E-state index in [1.807, 2.05) is 17.5 Å². The lowest BCUT2D eigenvalue weighted by molar-refractivity contribution is 0.1000. The Morgan fingerprint density at radius 3 is 2.56 bits per heavy atom. The summed E-state index contributed by atoms with van der Waals surface area (Å²) in [5, 5.41) is 2.22. The summed E-state index contributed by atoms with van der Waals surface area (Å²) in [6.07, 6.45) is 1.13. The number of carbonyl (C=O) groups is 1. The van der Waals surface area contributed by atoms with Gasteiger partial charge in [-0.25, -0.2) is 4.98 Å². The summed E-state index contributed by atoms with van der Waals surface area (Å²) in [6, 6.07) is 8.32. The first kappa shape index (κ1) is 12.8. The lowest BCUT2D eigenvalue weighted by atomic mass is 9.97. The molecule has 1 amide bonds. The summed E-state index contributed by atoms with van der Waals surface area (Å²) in [5.41, 5.74) is 8.35. The van der Waals surface area contributed by atoms with Crippen molar-refractivity contribution in [3.8, 4) is 11.3 Å². The predicted molar refractivity (Wildman–Crippen MR) is 74.8 cm³/mol. The van der Waals surface area contributed by atoms with Crippen LogP contribution in [-0.4, -0.2) is 10.9 Å². The van der Waals surface area contributed by atoms with Gasteiger partial charge in [0.15, 0.2) is 5.01 Å². The third-order valence-electron chi connectivity index (χ3n) is 3.10. The van der Waals surface area contributed by atoms with Crippen LogP contribution in [0.2, 0.25) is 0 Å². The minimum Gasteiger partial charge on any atom is -0.364 e. The molecule has 0 radical (unpaired) electrons. The maximum Gasteiger partial charge on any atom is 0.277 e. The molecule has 0 spiro atoms. The van der Waals surface area contributed by atoms with Gasteiger partial charge in [0.25, 0.3) is 5.91 Å². The summed E-state index contributed by atoms with van der Waals surface area (Å²) in [6.45, 7) is 4.39. The molecule has 1 atom stereocenters. The average Bonchev–Trinajstić information content (AvgIpc) is 2.88. The van der Waals surface area contributed by atoms with E-state index in [9.17, 15) is 4.79 Å². The van der Waals surface area contributed by atoms with Crippen LogP contribution in [0.3, 0.4) is 0 Å². The first-order valence-electron chi connectivity index (χ1n) is 5.97. The topological polar surface area (TPSA) is 56.0 Å². The van der Waals surface area contributed by atoms with Gasteiger partial charge in [-0.1, -0.05) is 38.1 Å². The molecule has 0 fully saturated rings. The lowest BCUT2D eigenvalue weighted by Crippen LogP contribution is -2.10. The number of primary amides is 1. The molecule has 0 aliphatic carbocycles. The number of aromatic nitrogens is 1. The van der Waals surface area contributed by atoms with Crippen LogP contribution in [0, 0.1) is 0 Å². The molecule has 18 heavy (non-hydrogen) atoms. The summed E-state index contributed by atoms with van der Waals surface area (Å²) in [7, 11) is 0. The van der Waals surface area contributed by atoms with E-state index in [-0.39, 0.29) is 0 Å². The van der Waals surface area contributed by atoms with Crippen molar-refractivity contribution in [3.63, 3.8) is 0 Å². The van der Waals surface area contributed by atoms with Gasteiger partial charge >= 0.3 is 0 Å². The van der Waals surface area contributed by atoms with Crippen molar-refractivity contribution in [2.24, 2.45) is 5.73 Å². The minimum absolute atomic E-state index is 0.357. The second-order valence-electron chi connectivity index (χ2n) is 4.33. The zero-order chi connectivity index (χ0) is 13.1. The molecule has 0 aliphatic rings. The van der Waals surface area contributed by atoms with E-state index >= 15 is 0 Å². The first-order chi connectivity index (χ1) is 8.61. The number of amides is 1. The lowest BCUT2D eigenvalue weighted by Gasteiger charge is -2.08. The predicted octanol–water partition coefficient (Wildman–Crippen LogP) is 3.42. The summed E-state index contributed by atoms with van der Waals surface area (Å²) < 4.78 is 0. The van der Waals surface area contributed by atoms with E-state index in [2.05, 4.69) is 31.0 Å². The van der Waals surface area contributed by atoms with Gasteiger partial charge in [-0.2, -0.15) is 0 Å². The highest BCUT2D eigenvalue weighted by Gasteiger charge is 2.09. The zero-order valence-electron chi connectivity index (χ0n) is 10.5. The Balaban J connectivity index is 2.25. The Labute approximate surface area is 111 Å². The quantitative estimate of drug-likeness (QED) is 0.915. The maximum atomic E-state index is 11.0. The third kappa shape index (κ3) is 2.59. The Morgan fingerprint density at radius 1 is 1.39 bits per heavy atom. The standard InChI is InChI=1S/C14H16N2OS/c1-3-9(2)10-4-6-11(7-5-10)12-8-18-14(16-12)13(15)17/h4-9H,3H2,1-2H3,(H2,15,17). The van der Waals surface area contributed by atoms with Crippen molar-refractivity contribution >= 4 is 17.2 Å². The maximum absolute atomic E-state index is 11.0. The highest BCUT2D eigenvalue weighted by atomic mass is 32.1. The van der Waals surface area contributed by atoms with Gasteiger partial charge < -0.3 is 5.73 Å². The van der Waals surface area contributed by atoms with E-state index in [1.54, 1.807) is 0 Å². The van der Waals surface area contributed by atoms with Gasteiger partial charge in [0.05, 0.1) is 5.69 Å². The van der Waals surface area contributed by atoms with Crippen LogP contribution >= 0.6 is 11.3 Å². The molecule has 0 aliphatic heterocycles. The van der Waals surface area contributed by atoms with E-state index in [0.717, 1.165) is 17.7 Å². The van der Waals surface area contributed by atoms with Crippen LogP contribution in [0.25, 0.3) is 11.3 Å². The highest BCUT2D eigenvalue weighted by molar-refractivity contribution is 7.12. The number of hydrogen-bond acceptors (Lipinski definition) is 3. The molecule has 3 nitrogen and oxygen atoms in total. The fraction of sp³-hybridized carbons (Fsp3) is 0.286. The van der Waals surface area contributed by atoms with E-state index < -0.39 is 5.91 Å². The van der Waals surface area contributed by atoms with Crippen molar-refractivity contribution in [1.29, 1.82) is 0 Å². The number of benzene rings is 1. The Hall–Kier alpha value is -1.68. The molecule has 2 aromatic rings. The number of rotatable bonds is 4. The number of hydrogen-bond donors (Lipinski definition) is 1. The van der Waals surface area contributed by atoms with Gasteiger partial charge in [-0.3, -0.25) is 4.79 Å². The molecular weight excluding hydrogens is 244 g/mol. The Bertz CT molecular complexity index is 545. The molecule has 1 aromatic carbocycles. The van der Waals surface area contributed by atoms with Crippen LogP contribution in [-0.2, 0) is 0 Å². The highest BCUT2D eigenvalue weighted by Crippen LogP contribution is 2.25. The molecule has 0 saturated carbocycles. The molecule has 2 N–H and O–H groups in total.